The molecule has 0 N–H and O–H groups in total. The molecule has 0 aliphatic carbocycles. The molecule has 0 saturated carbocycles. The number of hydrogen-bond acceptors (Lipinski definition) is 5. The van der Waals surface area contributed by atoms with Gasteiger partial charge >= 0.3 is 5.97 Å². The summed E-state index contributed by atoms with van der Waals surface area (Å²) in [4.78, 5) is 22.1. The Labute approximate surface area is 172 Å². The standard InChI is InChI=1S/C20H18Cl2N2O2S/c1-11(2)9-17-18(12-7-8-13(21)14(22)10-12)24-19(27-17)15-5-4-6-16(23-15)20(25)26-3/h4-8,10-11H,9H2,1-3H3. The van der Waals surface area contributed by atoms with E-state index in [1.54, 1.807) is 29.5 Å². The summed E-state index contributed by atoms with van der Waals surface area (Å²) in [7, 11) is 1.34. The molecule has 0 bridgehead atoms. The van der Waals surface area contributed by atoms with Crippen molar-refractivity contribution < 1.29 is 9.53 Å². The lowest BCUT2D eigenvalue weighted by molar-refractivity contribution is 0.0594. The predicted octanol–water partition coefficient (Wildman–Crippen LogP) is 6.16. The van der Waals surface area contributed by atoms with Crippen LogP contribution < -0.4 is 0 Å². The van der Waals surface area contributed by atoms with Crippen molar-refractivity contribution in [3.63, 3.8) is 0 Å². The van der Waals surface area contributed by atoms with E-state index >= 15 is 0 Å². The van der Waals surface area contributed by atoms with Gasteiger partial charge in [0.05, 0.1) is 28.5 Å². The Morgan fingerprint density at radius 1 is 1.15 bits per heavy atom. The highest BCUT2D eigenvalue weighted by Crippen LogP contribution is 2.36. The number of halogens is 2. The van der Waals surface area contributed by atoms with Gasteiger partial charge in [0.1, 0.15) is 10.7 Å². The maximum Gasteiger partial charge on any atom is 0.356 e. The van der Waals surface area contributed by atoms with Crippen molar-refractivity contribution in [2.45, 2.75) is 20.3 Å². The molecule has 2 heterocycles. The molecule has 7 heteroatoms. The number of carbonyl (C=O) groups excluding carboxylic acids is 1. The zero-order valence-electron chi connectivity index (χ0n) is 15.1. The van der Waals surface area contributed by atoms with E-state index < -0.39 is 5.97 Å². The number of aromatic nitrogens is 2. The number of carbonyl (C=O) groups is 1. The van der Waals surface area contributed by atoms with E-state index in [1.807, 2.05) is 18.2 Å². The summed E-state index contributed by atoms with van der Waals surface area (Å²) in [5, 5.41) is 1.75. The third-order valence-electron chi connectivity index (χ3n) is 3.85. The summed E-state index contributed by atoms with van der Waals surface area (Å²) in [6.07, 6.45) is 0.879. The van der Waals surface area contributed by atoms with Crippen LogP contribution in [-0.4, -0.2) is 23.0 Å². The first-order valence-electron chi connectivity index (χ1n) is 8.40. The fourth-order valence-corrected chi connectivity index (χ4v) is 4.17. The van der Waals surface area contributed by atoms with Crippen LogP contribution in [0.3, 0.4) is 0 Å². The number of benzene rings is 1. The second-order valence-electron chi connectivity index (χ2n) is 6.42. The zero-order valence-corrected chi connectivity index (χ0v) is 17.5. The van der Waals surface area contributed by atoms with Crippen LogP contribution >= 0.6 is 34.5 Å². The van der Waals surface area contributed by atoms with Gasteiger partial charge in [0.15, 0.2) is 0 Å². The lowest BCUT2D eigenvalue weighted by Crippen LogP contribution is -2.04. The quantitative estimate of drug-likeness (QED) is 0.463. The van der Waals surface area contributed by atoms with Crippen LogP contribution in [0.5, 0.6) is 0 Å². The lowest BCUT2D eigenvalue weighted by atomic mass is 10.0. The van der Waals surface area contributed by atoms with E-state index in [-0.39, 0.29) is 5.69 Å². The Morgan fingerprint density at radius 2 is 1.93 bits per heavy atom. The monoisotopic (exact) mass is 420 g/mol. The molecule has 3 aromatic rings. The Morgan fingerprint density at radius 3 is 2.59 bits per heavy atom. The van der Waals surface area contributed by atoms with E-state index in [4.69, 9.17) is 32.9 Å². The topological polar surface area (TPSA) is 52.1 Å². The van der Waals surface area contributed by atoms with Gasteiger partial charge in [-0.15, -0.1) is 11.3 Å². The van der Waals surface area contributed by atoms with Crippen LogP contribution in [0.25, 0.3) is 22.0 Å². The average Bonchev–Trinajstić information content (AvgIpc) is 3.06. The minimum Gasteiger partial charge on any atom is -0.464 e. The molecule has 0 unspecified atom stereocenters. The Hall–Kier alpha value is -1.95. The molecule has 27 heavy (non-hydrogen) atoms. The van der Waals surface area contributed by atoms with Gasteiger partial charge in [-0.05, 0) is 36.6 Å². The normalized spacial score (nSPS) is 11.0. The average molecular weight is 421 g/mol. The highest BCUT2D eigenvalue weighted by molar-refractivity contribution is 7.15. The van der Waals surface area contributed by atoms with Crippen LogP contribution in [0.1, 0.15) is 29.2 Å². The molecule has 3 rings (SSSR count). The summed E-state index contributed by atoms with van der Waals surface area (Å²) in [5.74, 6) is -0.00491. The molecule has 0 radical (unpaired) electrons. The third-order valence-corrected chi connectivity index (χ3v) is 5.69. The summed E-state index contributed by atoms with van der Waals surface area (Å²) in [6, 6.07) is 10.7. The van der Waals surface area contributed by atoms with Gasteiger partial charge in [-0.2, -0.15) is 0 Å². The van der Waals surface area contributed by atoms with Crippen LogP contribution in [0.15, 0.2) is 36.4 Å². The predicted molar refractivity (Wildman–Crippen MR) is 111 cm³/mol. The van der Waals surface area contributed by atoms with Crippen LogP contribution in [0, 0.1) is 5.92 Å². The van der Waals surface area contributed by atoms with Gasteiger partial charge in [-0.1, -0.05) is 49.2 Å². The molecule has 0 amide bonds. The number of methoxy groups -OCH3 is 1. The van der Waals surface area contributed by atoms with Gasteiger partial charge < -0.3 is 4.74 Å². The molecule has 0 saturated heterocycles. The van der Waals surface area contributed by atoms with Crippen molar-refractivity contribution in [3.05, 3.63) is 57.0 Å². The van der Waals surface area contributed by atoms with Crippen molar-refractivity contribution in [2.24, 2.45) is 5.92 Å². The molecule has 140 valence electrons. The van der Waals surface area contributed by atoms with Gasteiger partial charge in [0.2, 0.25) is 0 Å². The Bertz CT molecular complexity index is 986. The summed E-state index contributed by atoms with van der Waals surface area (Å²) >= 11 is 13.8. The molecule has 4 nitrogen and oxygen atoms in total. The number of esters is 1. The SMILES string of the molecule is COC(=O)c1cccc(-c2nc(-c3ccc(Cl)c(Cl)c3)c(CC(C)C)s2)n1. The number of nitrogens with zero attached hydrogens (tertiary/aromatic N) is 2. The van der Waals surface area contributed by atoms with E-state index in [0.29, 0.717) is 21.7 Å². The molecule has 2 aromatic heterocycles. The van der Waals surface area contributed by atoms with Crippen LogP contribution in [-0.2, 0) is 11.2 Å². The first-order chi connectivity index (χ1) is 12.9. The summed E-state index contributed by atoms with van der Waals surface area (Å²) < 4.78 is 4.76. The minimum absolute atomic E-state index is 0.256. The second-order valence-corrected chi connectivity index (χ2v) is 8.32. The molecule has 0 fully saturated rings. The third kappa shape index (κ3) is 4.49. The van der Waals surface area contributed by atoms with Crippen LogP contribution in [0.4, 0.5) is 0 Å². The number of thiazole rings is 1. The molecular formula is C20H18Cl2N2O2S. The van der Waals surface area contributed by atoms with E-state index in [2.05, 4.69) is 18.8 Å². The number of ether oxygens (including phenoxy) is 1. The largest absolute Gasteiger partial charge is 0.464 e. The molecule has 0 atom stereocenters. The van der Waals surface area contributed by atoms with E-state index in [1.165, 1.54) is 7.11 Å². The van der Waals surface area contributed by atoms with Gasteiger partial charge in [-0.3, -0.25) is 0 Å². The molecular weight excluding hydrogens is 403 g/mol. The fraction of sp³-hybridized carbons (Fsp3) is 0.250. The van der Waals surface area contributed by atoms with Crippen molar-refractivity contribution >= 4 is 40.5 Å². The van der Waals surface area contributed by atoms with Crippen molar-refractivity contribution in [1.82, 2.24) is 9.97 Å². The highest BCUT2D eigenvalue weighted by atomic mass is 35.5. The second kappa shape index (κ2) is 8.38. The first kappa shape index (κ1) is 19.8. The number of hydrogen-bond donors (Lipinski definition) is 0. The van der Waals surface area contributed by atoms with Crippen molar-refractivity contribution in [3.8, 4) is 22.0 Å². The van der Waals surface area contributed by atoms with Crippen molar-refractivity contribution in [1.29, 1.82) is 0 Å². The minimum atomic E-state index is -0.472. The number of rotatable bonds is 5. The zero-order chi connectivity index (χ0) is 19.6. The fourth-order valence-electron chi connectivity index (χ4n) is 2.61. The van der Waals surface area contributed by atoms with Gasteiger partial charge in [0, 0.05) is 10.4 Å². The number of pyridine rings is 1. The molecule has 0 aliphatic heterocycles. The summed E-state index contributed by atoms with van der Waals surface area (Å²) in [5.41, 5.74) is 2.67. The summed E-state index contributed by atoms with van der Waals surface area (Å²) in [6.45, 7) is 4.32. The van der Waals surface area contributed by atoms with Gasteiger partial charge in [-0.25, -0.2) is 14.8 Å². The Kier molecular flexibility index (Phi) is 6.15. The Balaban J connectivity index is 2.09. The molecule has 1 aromatic carbocycles. The van der Waals surface area contributed by atoms with Crippen molar-refractivity contribution in [2.75, 3.05) is 7.11 Å². The lowest BCUT2D eigenvalue weighted by Gasteiger charge is -2.06. The van der Waals surface area contributed by atoms with Gasteiger partial charge in [0.25, 0.3) is 0 Å². The maximum atomic E-state index is 11.8. The van der Waals surface area contributed by atoms with E-state index in [0.717, 1.165) is 27.6 Å². The maximum absolute atomic E-state index is 11.8. The molecule has 0 aliphatic rings. The first-order valence-corrected chi connectivity index (χ1v) is 9.97. The molecule has 0 spiro atoms. The smallest absolute Gasteiger partial charge is 0.356 e. The van der Waals surface area contributed by atoms with E-state index in [9.17, 15) is 4.79 Å². The highest BCUT2D eigenvalue weighted by Gasteiger charge is 2.18. The van der Waals surface area contributed by atoms with Crippen LogP contribution in [0.2, 0.25) is 10.0 Å².